The Labute approximate surface area is 162 Å². The number of amidine groups is 1. The zero-order valence-corrected chi connectivity index (χ0v) is 15.4. The quantitative estimate of drug-likeness (QED) is 0.718. The van der Waals surface area contributed by atoms with E-state index in [0.717, 1.165) is 29.3 Å². The smallest absolute Gasteiger partial charge is 0.341 e. The Balaban J connectivity index is 1.75. The van der Waals surface area contributed by atoms with Gasteiger partial charge in [-0.15, -0.1) is 0 Å². The molecule has 3 aromatic rings. The molecule has 0 unspecified atom stereocenters. The van der Waals surface area contributed by atoms with Gasteiger partial charge in [0.05, 0.1) is 5.69 Å². The van der Waals surface area contributed by atoms with Crippen molar-refractivity contribution < 1.29 is 9.90 Å². The minimum atomic E-state index is -1.21. The molecular weight excluding hydrogens is 354 g/mol. The number of carbonyl (C=O) groups is 1. The third-order valence-electron chi connectivity index (χ3n) is 5.03. The van der Waals surface area contributed by atoms with Gasteiger partial charge in [-0.1, -0.05) is 42.5 Å². The number of fused-ring (bicyclic) bond motifs is 1. The third-order valence-corrected chi connectivity index (χ3v) is 5.03. The lowest BCUT2D eigenvalue weighted by atomic mass is 10.0. The highest BCUT2D eigenvalue weighted by Crippen LogP contribution is 2.19. The van der Waals surface area contributed by atoms with Gasteiger partial charge in [0.25, 0.3) is 5.56 Å². The summed E-state index contributed by atoms with van der Waals surface area (Å²) in [5.74, 6) is -0.563. The van der Waals surface area contributed by atoms with Crippen LogP contribution < -0.4 is 10.9 Å². The van der Waals surface area contributed by atoms with E-state index in [0.29, 0.717) is 31.0 Å². The molecule has 4 rings (SSSR count). The molecule has 6 nitrogen and oxygen atoms in total. The average Bonchev–Trinajstić information content (AvgIpc) is 2.73. The lowest BCUT2D eigenvalue weighted by molar-refractivity contribution is 0.0694. The summed E-state index contributed by atoms with van der Waals surface area (Å²) >= 11 is 0. The number of carboxylic acid groups (broad SMARTS) is 1. The second kappa shape index (κ2) is 7.68. The molecule has 2 heterocycles. The van der Waals surface area contributed by atoms with Gasteiger partial charge in [0.15, 0.2) is 0 Å². The largest absolute Gasteiger partial charge is 0.477 e. The first kappa shape index (κ1) is 18.0. The molecule has 2 N–H and O–H groups in total. The number of aromatic carboxylic acids is 1. The van der Waals surface area contributed by atoms with E-state index in [1.807, 2.05) is 24.3 Å². The molecule has 28 heavy (non-hydrogen) atoms. The number of hydrogen-bond acceptors (Lipinski definition) is 4. The van der Waals surface area contributed by atoms with Crippen LogP contribution in [-0.4, -0.2) is 34.6 Å². The Morgan fingerprint density at radius 2 is 1.93 bits per heavy atom. The molecule has 1 aromatic heterocycles. The van der Waals surface area contributed by atoms with Crippen molar-refractivity contribution in [2.75, 3.05) is 13.1 Å². The van der Waals surface area contributed by atoms with Crippen molar-refractivity contribution in [2.24, 2.45) is 4.99 Å². The van der Waals surface area contributed by atoms with Gasteiger partial charge < -0.3 is 15.0 Å². The molecule has 6 heteroatoms. The molecule has 0 saturated carbocycles. The number of pyridine rings is 1. The molecule has 0 saturated heterocycles. The summed E-state index contributed by atoms with van der Waals surface area (Å²) in [4.78, 5) is 28.8. The Kier molecular flexibility index (Phi) is 4.93. The van der Waals surface area contributed by atoms with Crippen LogP contribution in [0.15, 0.2) is 64.4 Å². The average molecular weight is 375 g/mol. The normalized spacial score (nSPS) is 13.8. The molecule has 0 atom stereocenters. The Hall–Kier alpha value is -3.41. The molecule has 2 aromatic carbocycles. The van der Waals surface area contributed by atoms with Gasteiger partial charge in [-0.3, -0.25) is 9.79 Å². The van der Waals surface area contributed by atoms with E-state index in [1.54, 1.807) is 6.07 Å². The second-order valence-corrected chi connectivity index (χ2v) is 6.79. The van der Waals surface area contributed by atoms with Gasteiger partial charge in [-0.25, -0.2) is 4.79 Å². The molecule has 0 amide bonds. The van der Waals surface area contributed by atoms with Crippen LogP contribution >= 0.6 is 0 Å². The lowest BCUT2D eigenvalue weighted by Gasteiger charge is -2.19. The summed E-state index contributed by atoms with van der Waals surface area (Å²) in [5.41, 5.74) is 1.03. The predicted octanol–water partition coefficient (Wildman–Crippen LogP) is 2.68. The Morgan fingerprint density at radius 1 is 1.11 bits per heavy atom. The van der Waals surface area contributed by atoms with Gasteiger partial charge >= 0.3 is 5.97 Å². The summed E-state index contributed by atoms with van der Waals surface area (Å²) in [6.07, 6.45) is 1.56. The maximum Gasteiger partial charge on any atom is 0.341 e. The van der Waals surface area contributed by atoms with E-state index in [4.69, 9.17) is 0 Å². The van der Waals surface area contributed by atoms with Crippen LogP contribution in [0.25, 0.3) is 10.8 Å². The molecule has 0 fully saturated rings. The van der Waals surface area contributed by atoms with Crippen LogP contribution in [0.5, 0.6) is 0 Å². The number of rotatable bonds is 5. The van der Waals surface area contributed by atoms with Crippen LogP contribution in [0.2, 0.25) is 0 Å². The fourth-order valence-corrected chi connectivity index (χ4v) is 3.62. The van der Waals surface area contributed by atoms with Crippen LogP contribution in [-0.2, 0) is 13.0 Å². The Bertz CT molecular complexity index is 1130. The molecule has 0 bridgehead atoms. The zero-order valence-electron chi connectivity index (χ0n) is 15.4. The van der Waals surface area contributed by atoms with Crippen LogP contribution in [0.4, 0.5) is 0 Å². The fourth-order valence-electron chi connectivity index (χ4n) is 3.62. The maximum atomic E-state index is 12.9. The predicted molar refractivity (Wildman–Crippen MR) is 109 cm³/mol. The Morgan fingerprint density at radius 3 is 2.71 bits per heavy atom. The van der Waals surface area contributed by atoms with Crippen molar-refractivity contribution >= 4 is 22.6 Å². The number of hydrogen-bond donors (Lipinski definition) is 2. The van der Waals surface area contributed by atoms with Gasteiger partial charge in [-0.05, 0) is 41.3 Å². The van der Waals surface area contributed by atoms with Gasteiger partial charge in [0.2, 0.25) is 0 Å². The summed E-state index contributed by atoms with van der Waals surface area (Å²) in [6.45, 7) is 1.86. The van der Waals surface area contributed by atoms with E-state index >= 15 is 0 Å². The van der Waals surface area contributed by atoms with Crippen molar-refractivity contribution in [2.45, 2.75) is 19.4 Å². The minimum Gasteiger partial charge on any atom is -0.477 e. The highest BCUT2D eigenvalue weighted by molar-refractivity contribution is 5.98. The summed E-state index contributed by atoms with van der Waals surface area (Å²) in [5, 5.41) is 14.9. The highest BCUT2D eigenvalue weighted by atomic mass is 16.4. The maximum absolute atomic E-state index is 12.9. The van der Waals surface area contributed by atoms with Gasteiger partial charge in [0, 0.05) is 19.6 Å². The molecular formula is C22H21N3O3. The van der Waals surface area contributed by atoms with Crippen LogP contribution in [0, 0.1) is 0 Å². The van der Waals surface area contributed by atoms with E-state index in [1.165, 1.54) is 10.6 Å². The van der Waals surface area contributed by atoms with Gasteiger partial charge in [-0.2, -0.15) is 0 Å². The number of nitrogens with zero attached hydrogens (tertiary/aromatic N) is 2. The van der Waals surface area contributed by atoms with Crippen LogP contribution in [0.1, 0.15) is 28.0 Å². The number of benzene rings is 2. The lowest BCUT2D eigenvalue weighted by Crippen LogP contribution is -2.37. The van der Waals surface area contributed by atoms with Crippen molar-refractivity contribution in [3.63, 3.8) is 0 Å². The SMILES string of the molecule is O=C(O)c1ccc(C2=NCCCN2)n(CCc2cccc3ccccc23)c1=O. The minimum absolute atomic E-state index is 0.224. The fraction of sp³-hybridized carbons (Fsp3) is 0.227. The number of aryl methyl sites for hydroxylation is 1. The highest BCUT2D eigenvalue weighted by Gasteiger charge is 2.18. The summed E-state index contributed by atoms with van der Waals surface area (Å²) < 4.78 is 1.53. The molecule has 0 aliphatic carbocycles. The molecule has 0 radical (unpaired) electrons. The standard InChI is InChI=1S/C22H21N3O3/c26-21-18(22(27)28)9-10-19(20-23-12-4-13-24-20)25(21)14-11-16-7-3-6-15-5-1-2-8-17(15)16/h1-3,5-10H,4,11-14H2,(H,23,24)(H,27,28). The second-order valence-electron chi connectivity index (χ2n) is 6.79. The first-order chi connectivity index (χ1) is 13.6. The first-order valence-electron chi connectivity index (χ1n) is 9.37. The van der Waals surface area contributed by atoms with E-state index in [2.05, 4.69) is 28.5 Å². The molecule has 1 aliphatic rings. The number of aromatic nitrogens is 1. The monoisotopic (exact) mass is 375 g/mol. The topological polar surface area (TPSA) is 83.7 Å². The van der Waals surface area contributed by atoms with E-state index in [9.17, 15) is 14.7 Å². The molecule has 1 aliphatic heterocycles. The number of nitrogens with one attached hydrogen (secondary N) is 1. The number of carboxylic acids is 1. The summed E-state index contributed by atoms with van der Waals surface area (Å²) in [6, 6.07) is 17.3. The van der Waals surface area contributed by atoms with Crippen molar-refractivity contribution in [1.82, 2.24) is 9.88 Å². The molecule has 142 valence electrons. The van der Waals surface area contributed by atoms with Crippen molar-refractivity contribution in [1.29, 1.82) is 0 Å². The third kappa shape index (κ3) is 3.41. The van der Waals surface area contributed by atoms with E-state index in [-0.39, 0.29) is 5.56 Å². The van der Waals surface area contributed by atoms with Gasteiger partial charge in [0.1, 0.15) is 11.4 Å². The van der Waals surface area contributed by atoms with E-state index < -0.39 is 11.5 Å². The van der Waals surface area contributed by atoms with Crippen molar-refractivity contribution in [3.8, 4) is 0 Å². The number of aliphatic imine (C=N–C) groups is 1. The zero-order chi connectivity index (χ0) is 19.5. The van der Waals surface area contributed by atoms with Crippen molar-refractivity contribution in [3.05, 3.63) is 81.8 Å². The van der Waals surface area contributed by atoms with Crippen LogP contribution in [0.3, 0.4) is 0 Å². The first-order valence-corrected chi connectivity index (χ1v) is 9.37. The summed E-state index contributed by atoms with van der Waals surface area (Å²) in [7, 11) is 0. The molecule has 0 spiro atoms.